The van der Waals surface area contributed by atoms with Crippen molar-refractivity contribution in [3.8, 4) is 5.75 Å². The van der Waals surface area contributed by atoms with E-state index < -0.39 is 0 Å². The molecule has 1 aromatic carbocycles. The summed E-state index contributed by atoms with van der Waals surface area (Å²) in [5, 5.41) is 5.81. The Kier molecular flexibility index (Phi) is 8.39. The number of ether oxygens (including phenoxy) is 1. The topological polar surface area (TPSA) is 75.1 Å². The molecule has 1 fully saturated rings. The zero-order chi connectivity index (χ0) is 19.6. The standard InChI is InChI=1S/C20H32N4O3/c1-4-23(5-2)13-7-12-21-20(26)22-16-14-19(25)24(15-16)17-8-10-18(11-9-17)27-6-3/h8-11,16H,4-7,12-15H2,1-3H3,(H2,21,22,26)/p+1/t16-/m0/s1. The maximum Gasteiger partial charge on any atom is 0.315 e. The molecule has 1 saturated heterocycles. The predicted molar refractivity (Wildman–Crippen MR) is 106 cm³/mol. The average molecular weight is 378 g/mol. The van der Waals surface area contributed by atoms with E-state index in [1.54, 1.807) is 4.90 Å². The Bertz CT molecular complexity index is 602. The first kappa shape index (κ1) is 21.0. The fourth-order valence-corrected chi connectivity index (χ4v) is 3.32. The van der Waals surface area contributed by atoms with Crippen molar-refractivity contribution in [2.45, 2.75) is 39.7 Å². The van der Waals surface area contributed by atoms with E-state index in [0.717, 1.165) is 37.5 Å². The third-order valence-corrected chi connectivity index (χ3v) is 4.91. The van der Waals surface area contributed by atoms with Gasteiger partial charge in [-0.25, -0.2) is 4.79 Å². The lowest BCUT2D eigenvalue weighted by molar-refractivity contribution is -0.896. The SMILES string of the molecule is CCOc1ccc(N2C[C@@H](NC(=O)NCCC[NH+](CC)CC)CC2=O)cc1. The highest BCUT2D eigenvalue weighted by atomic mass is 16.5. The third-order valence-electron chi connectivity index (χ3n) is 4.91. The molecule has 0 unspecified atom stereocenters. The van der Waals surface area contributed by atoms with Gasteiger partial charge in [-0.3, -0.25) is 4.79 Å². The quantitative estimate of drug-likeness (QED) is 0.528. The summed E-state index contributed by atoms with van der Waals surface area (Å²) >= 11 is 0. The van der Waals surface area contributed by atoms with Gasteiger partial charge in [-0.2, -0.15) is 0 Å². The summed E-state index contributed by atoms with van der Waals surface area (Å²) in [4.78, 5) is 27.6. The number of nitrogens with one attached hydrogen (secondary N) is 3. The van der Waals surface area contributed by atoms with E-state index in [4.69, 9.17) is 4.74 Å². The van der Waals surface area contributed by atoms with E-state index in [1.807, 2.05) is 31.2 Å². The van der Waals surface area contributed by atoms with Gasteiger partial charge in [0, 0.05) is 31.6 Å². The minimum absolute atomic E-state index is 0.0228. The van der Waals surface area contributed by atoms with E-state index in [1.165, 1.54) is 4.90 Å². The lowest BCUT2D eigenvalue weighted by atomic mass is 10.2. The van der Waals surface area contributed by atoms with Gasteiger partial charge in [-0.1, -0.05) is 0 Å². The second-order valence-corrected chi connectivity index (χ2v) is 6.79. The molecule has 3 N–H and O–H groups in total. The third kappa shape index (κ3) is 6.43. The first-order valence-electron chi connectivity index (χ1n) is 9.98. The molecule has 2 rings (SSSR count). The fraction of sp³-hybridized carbons (Fsp3) is 0.600. The van der Waals surface area contributed by atoms with Crippen LogP contribution in [-0.2, 0) is 4.79 Å². The van der Waals surface area contributed by atoms with Crippen molar-refractivity contribution in [1.29, 1.82) is 0 Å². The number of amides is 3. The Morgan fingerprint density at radius 2 is 1.93 bits per heavy atom. The normalized spacial score (nSPS) is 16.7. The first-order valence-corrected chi connectivity index (χ1v) is 9.98. The molecule has 1 atom stereocenters. The molecule has 0 radical (unpaired) electrons. The fourth-order valence-electron chi connectivity index (χ4n) is 3.32. The monoisotopic (exact) mass is 377 g/mol. The predicted octanol–water partition coefficient (Wildman–Crippen LogP) is 0.805. The lowest BCUT2D eigenvalue weighted by Gasteiger charge is -2.18. The maximum atomic E-state index is 12.3. The lowest BCUT2D eigenvalue weighted by Crippen LogP contribution is -3.11. The van der Waals surface area contributed by atoms with Crippen molar-refractivity contribution in [3.05, 3.63) is 24.3 Å². The van der Waals surface area contributed by atoms with Crippen LogP contribution in [-0.4, -0.2) is 57.3 Å². The van der Waals surface area contributed by atoms with Crippen molar-refractivity contribution in [2.75, 3.05) is 44.2 Å². The van der Waals surface area contributed by atoms with Gasteiger partial charge >= 0.3 is 6.03 Å². The van der Waals surface area contributed by atoms with Gasteiger partial charge in [-0.15, -0.1) is 0 Å². The Balaban J connectivity index is 1.75. The Morgan fingerprint density at radius 3 is 2.56 bits per heavy atom. The molecule has 1 aromatic rings. The number of anilines is 1. The molecule has 1 heterocycles. The van der Waals surface area contributed by atoms with Crippen LogP contribution in [0.3, 0.4) is 0 Å². The van der Waals surface area contributed by atoms with E-state index in [2.05, 4.69) is 24.5 Å². The van der Waals surface area contributed by atoms with E-state index in [9.17, 15) is 9.59 Å². The summed E-state index contributed by atoms with van der Waals surface area (Å²) in [6, 6.07) is 7.10. The number of rotatable bonds is 10. The van der Waals surface area contributed by atoms with Crippen LogP contribution in [0.5, 0.6) is 5.75 Å². The second kappa shape index (κ2) is 10.8. The molecule has 1 aliphatic heterocycles. The Morgan fingerprint density at radius 1 is 1.22 bits per heavy atom. The number of benzene rings is 1. The largest absolute Gasteiger partial charge is 0.494 e. The Hall–Kier alpha value is -2.28. The van der Waals surface area contributed by atoms with Crippen molar-refractivity contribution >= 4 is 17.6 Å². The summed E-state index contributed by atoms with van der Waals surface area (Å²) in [5.41, 5.74) is 0.829. The highest BCUT2D eigenvalue weighted by Crippen LogP contribution is 2.24. The van der Waals surface area contributed by atoms with E-state index in [-0.39, 0.29) is 18.0 Å². The maximum absolute atomic E-state index is 12.3. The highest BCUT2D eigenvalue weighted by molar-refractivity contribution is 5.96. The summed E-state index contributed by atoms with van der Waals surface area (Å²) in [7, 11) is 0. The van der Waals surface area contributed by atoms with Crippen LogP contribution in [0.15, 0.2) is 24.3 Å². The van der Waals surface area contributed by atoms with Crippen LogP contribution in [0.4, 0.5) is 10.5 Å². The number of hydrogen-bond donors (Lipinski definition) is 3. The number of hydrogen-bond acceptors (Lipinski definition) is 3. The van der Waals surface area contributed by atoms with Crippen LogP contribution >= 0.6 is 0 Å². The molecule has 3 amide bonds. The molecule has 1 aliphatic rings. The molecule has 27 heavy (non-hydrogen) atoms. The van der Waals surface area contributed by atoms with Crippen molar-refractivity contribution in [3.63, 3.8) is 0 Å². The minimum Gasteiger partial charge on any atom is -0.494 e. The van der Waals surface area contributed by atoms with Gasteiger partial charge in [0.2, 0.25) is 5.91 Å². The summed E-state index contributed by atoms with van der Waals surface area (Å²) < 4.78 is 5.43. The Labute approximate surface area is 162 Å². The second-order valence-electron chi connectivity index (χ2n) is 6.79. The number of quaternary nitrogens is 1. The van der Waals surface area contributed by atoms with Crippen molar-refractivity contribution in [1.82, 2.24) is 10.6 Å². The van der Waals surface area contributed by atoms with Gasteiger partial charge < -0.3 is 25.2 Å². The van der Waals surface area contributed by atoms with Gasteiger partial charge in [0.25, 0.3) is 0 Å². The molecular formula is C20H33N4O3+. The van der Waals surface area contributed by atoms with Crippen LogP contribution in [0, 0.1) is 0 Å². The highest BCUT2D eigenvalue weighted by Gasteiger charge is 2.31. The molecule has 7 nitrogen and oxygen atoms in total. The van der Waals surface area contributed by atoms with Crippen molar-refractivity contribution in [2.24, 2.45) is 0 Å². The van der Waals surface area contributed by atoms with Gasteiger partial charge in [0.1, 0.15) is 5.75 Å². The molecule has 0 bridgehead atoms. The zero-order valence-corrected chi connectivity index (χ0v) is 16.7. The molecule has 0 saturated carbocycles. The smallest absolute Gasteiger partial charge is 0.315 e. The summed E-state index contributed by atoms with van der Waals surface area (Å²) in [5.74, 6) is 0.808. The number of carbonyl (C=O) groups excluding carboxylic acids is 2. The van der Waals surface area contributed by atoms with E-state index >= 15 is 0 Å². The molecule has 0 aromatic heterocycles. The van der Waals surface area contributed by atoms with E-state index in [0.29, 0.717) is 26.1 Å². The number of carbonyl (C=O) groups is 2. The van der Waals surface area contributed by atoms with Gasteiger partial charge in [0.05, 0.1) is 32.3 Å². The zero-order valence-electron chi connectivity index (χ0n) is 16.7. The van der Waals surface area contributed by atoms with Gasteiger partial charge in [0.15, 0.2) is 0 Å². The summed E-state index contributed by atoms with van der Waals surface area (Å²) in [6.45, 7) is 11.3. The van der Waals surface area contributed by atoms with Crippen LogP contribution < -0.4 is 25.2 Å². The van der Waals surface area contributed by atoms with Gasteiger partial charge in [-0.05, 0) is 45.0 Å². The molecular weight excluding hydrogens is 344 g/mol. The van der Waals surface area contributed by atoms with Crippen molar-refractivity contribution < 1.29 is 19.2 Å². The molecule has 150 valence electrons. The minimum atomic E-state index is -0.198. The summed E-state index contributed by atoms with van der Waals surface area (Å²) in [6.07, 6.45) is 1.27. The molecule has 7 heteroatoms. The molecule has 0 spiro atoms. The van der Waals surface area contributed by atoms with Crippen LogP contribution in [0.1, 0.15) is 33.6 Å². The average Bonchev–Trinajstić information content (AvgIpc) is 3.03. The number of nitrogens with zero attached hydrogens (tertiary/aromatic N) is 1. The van der Waals surface area contributed by atoms with Crippen LogP contribution in [0.2, 0.25) is 0 Å². The van der Waals surface area contributed by atoms with Crippen LogP contribution in [0.25, 0.3) is 0 Å². The molecule has 0 aliphatic carbocycles. The first-order chi connectivity index (χ1) is 13.1. The number of urea groups is 1.